The largest absolute Gasteiger partial charge is 0.384 e. The van der Waals surface area contributed by atoms with E-state index in [-0.39, 0.29) is 12.5 Å². The van der Waals surface area contributed by atoms with Crippen molar-refractivity contribution in [2.75, 3.05) is 6.61 Å². The van der Waals surface area contributed by atoms with Gasteiger partial charge in [-0.05, 0) is 30.7 Å². The zero-order valence-corrected chi connectivity index (χ0v) is 12.1. The first kappa shape index (κ1) is 14.8. The second-order valence-electron chi connectivity index (χ2n) is 4.63. The highest BCUT2D eigenvalue weighted by molar-refractivity contribution is 5.92. The summed E-state index contributed by atoms with van der Waals surface area (Å²) in [6.07, 6.45) is 0. The number of aryl methyl sites for hydroxylation is 2. The maximum atomic E-state index is 12.0. The highest BCUT2D eigenvalue weighted by Crippen LogP contribution is 2.05. The summed E-state index contributed by atoms with van der Waals surface area (Å²) >= 11 is 0. The van der Waals surface area contributed by atoms with Crippen LogP contribution in [0.15, 0.2) is 30.3 Å². The van der Waals surface area contributed by atoms with Gasteiger partial charge in [-0.3, -0.25) is 9.48 Å². The molecule has 0 atom stereocenters. The van der Waals surface area contributed by atoms with Crippen LogP contribution in [0.5, 0.6) is 0 Å². The smallest absolute Gasteiger partial charge is 0.269 e. The fourth-order valence-electron chi connectivity index (χ4n) is 1.94. The van der Waals surface area contributed by atoms with Gasteiger partial charge in [-0.25, -0.2) is 0 Å². The molecule has 0 unspecified atom stereocenters. The minimum Gasteiger partial charge on any atom is -0.384 e. The van der Waals surface area contributed by atoms with Crippen molar-refractivity contribution in [3.05, 3.63) is 52.8 Å². The van der Waals surface area contributed by atoms with E-state index < -0.39 is 0 Å². The standard InChI is InChI=1S/C16H17N3O2/c1-12-10-15(19(2)18-12)16(21)17-11-14-7-5-13(6-8-14)4-3-9-20/h5-8,10,20H,9,11H2,1-2H3,(H,17,21). The summed E-state index contributed by atoms with van der Waals surface area (Å²) in [5, 5.41) is 15.6. The van der Waals surface area contributed by atoms with Crippen LogP contribution in [0, 0.1) is 18.8 Å². The molecule has 5 nitrogen and oxygen atoms in total. The third kappa shape index (κ3) is 3.94. The van der Waals surface area contributed by atoms with Crippen LogP contribution >= 0.6 is 0 Å². The van der Waals surface area contributed by atoms with Gasteiger partial charge in [0.15, 0.2) is 0 Å². The number of aromatic nitrogens is 2. The molecule has 0 fully saturated rings. The van der Waals surface area contributed by atoms with Crippen LogP contribution in [0.25, 0.3) is 0 Å². The van der Waals surface area contributed by atoms with Gasteiger partial charge in [0, 0.05) is 19.2 Å². The molecule has 0 aliphatic heterocycles. The van der Waals surface area contributed by atoms with E-state index in [1.165, 1.54) is 0 Å². The van der Waals surface area contributed by atoms with Gasteiger partial charge < -0.3 is 10.4 Å². The third-order valence-corrected chi connectivity index (χ3v) is 2.95. The van der Waals surface area contributed by atoms with Crippen molar-refractivity contribution in [2.45, 2.75) is 13.5 Å². The van der Waals surface area contributed by atoms with Gasteiger partial charge in [0.05, 0.1) is 5.69 Å². The lowest BCUT2D eigenvalue weighted by molar-refractivity contribution is 0.0941. The fourth-order valence-corrected chi connectivity index (χ4v) is 1.94. The Kier molecular flexibility index (Phi) is 4.75. The van der Waals surface area contributed by atoms with Crippen LogP contribution < -0.4 is 5.32 Å². The molecule has 0 saturated carbocycles. The van der Waals surface area contributed by atoms with Crippen LogP contribution in [0.3, 0.4) is 0 Å². The summed E-state index contributed by atoms with van der Waals surface area (Å²) in [4.78, 5) is 12.0. The molecule has 1 heterocycles. The number of amides is 1. The Morgan fingerprint density at radius 1 is 1.38 bits per heavy atom. The van der Waals surface area contributed by atoms with E-state index in [4.69, 9.17) is 5.11 Å². The molecule has 2 N–H and O–H groups in total. The second kappa shape index (κ2) is 6.73. The Morgan fingerprint density at radius 3 is 2.67 bits per heavy atom. The van der Waals surface area contributed by atoms with E-state index in [1.807, 2.05) is 31.2 Å². The number of aliphatic hydroxyl groups is 1. The van der Waals surface area contributed by atoms with Gasteiger partial charge in [0.25, 0.3) is 5.91 Å². The molecule has 0 spiro atoms. The fraction of sp³-hybridized carbons (Fsp3) is 0.250. The third-order valence-electron chi connectivity index (χ3n) is 2.95. The Labute approximate surface area is 123 Å². The number of hydrogen-bond donors (Lipinski definition) is 2. The molecule has 2 rings (SSSR count). The topological polar surface area (TPSA) is 67.2 Å². The van der Waals surface area contributed by atoms with Gasteiger partial charge >= 0.3 is 0 Å². The summed E-state index contributed by atoms with van der Waals surface area (Å²) in [6, 6.07) is 9.27. The minimum absolute atomic E-state index is 0.151. The maximum absolute atomic E-state index is 12.0. The molecule has 0 aliphatic rings. The first-order chi connectivity index (χ1) is 10.1. The van der Waals surface area contributed by atoms with Crippen LogP contribution in [-0.2, 0) is 13.6 Å². The second-order valence-corrected chi connectivity index (χ2v) is 4.63. The molecule has 2 aromatic rings. The molecule has 0 radical (unpaired) electrons. The number of hydrogen-bond acceptors (Lipinski definition) is 3. The highest BCUT2D eigenvalue weighted by atomic mass is 16.2. The van der Waals surface area contributed by atoms with Crippen molar-refractivity contribution >= 4 is 5.91 Å². The molecule has 108 valence electrons. The van der Waals surface area contributed by atoms with Crippen molar-refractivity contribution in [2.24, 2.45) is 7.05 Å². The van der Waals surface area contributed by atoms with E-state index in [0.29, 0.717) is 12.2 Å². The lowest BCUT2D eigenvalue weighted by Crippen LogP contribution is -2.25. The normalized spacial score (nSPS) is 9.86. The van der Waals surface area contributed by atoms with Crippen molar-refractivity contribution in [1.29, 1.82) is 0 Å². The summed E-state index contributed by atoms with van der Waals surface area (Å²) in [5.74, 6) is 5.26. The number of rotatable bonds is 3. The molecule has 0 bridgehead atoms. The van der Waals surface area contributed by atoms with Gasteiger partial charge in [-0.2, -0.15) is 5.10 Å². The number of carbonyl (C=O) groups is 1. The van der Waals surface area contributed by atoms with Gasteiger partial charge in [0.1, 0.15) is 12.3 Å². The monoisotopic (exact) mass is 283 g/mol. The van der Waals surface area contributed by atoms with E-state index in [2.05, 4.69) is 22.3 Å². The van der Waals surface area contributed by atoms with Crippen molar-refractivity contribution < 1.29 is 9.90 Å². The summed E-state index contributed by atoms with van der Waals surface area (Å²) in [5.41, 5.74) is 3.17. The number of carbonyl (C=O) groups excluding carboxylic acids is 1. The average Bonchev–Trinajstić information content (AvgIpc) is 2.82. The van der Waals surface area contributed by atoms with Crippen molar-refractivity contribution in [3.8, 4) is 11.8 Å². The van der Waals surface area contributed by atoms with E-state index in [1.54, 1.807) is 17.8 Å². The van der Waals surface area contributed by atoms with E-state index in [9.17, 15) is 4.79 Å². The summed E-state index contributed by atoms with van der Waals surface area (Å²) in [7, 11) is 1.75. The Hall–Kier alpha value is -2.58. The minimum atomic E-state index is -0.151. The van der Waals surface area contributed by atoms with Crippen LogP contribution in [0.4, 0.5) is 0 Å². The van der Waals surface area contributed by atoms with Crippen LogP contribution in [0.1, 0.15) is 27.3 Å². The Morgan fingerprint density at radius 2 is 2.10 bits per heavy atom. The number of benzene rings is 1. The quantitative estimate of drug-likeness (QED) is 0.826. The predicted octanol–water partition coefficient (Wildman–Crippen LogP) is 1.00. The van der Waals surface area contributed by atoms with E-state index in [0.717, 1.165) is 16.8 Å². The summed E-state index contributed by atoms with van der Waals surface area (Å²) < 4.78 is 1.57. The molecule has 1 aromatic heterocycles. The molecular weight excluding hydrogens is 266 g/mol. The average molecular weight is 283 g/mol. The molecule has 1 aromatic carbocycles. The molecule has 0 aliphatic carbocycles. The molecule has 0 saturated heterocycles. The molecule has 5 heteroatoms. The molecule has 21 heavy (non-hydrogen) atoms. The number of aliphatic hydroxyl groups excluding tert-OH is 1. The first-order valence-electron chi connectivity index (χ1n) is 6.57. The first-order valence-corrected chi connectivity index (χ1v) is 6.57. The lowest BCUT2D eigenvalue weighted by Gasteiger charge is -2.05. The molecule has 1 amide bonds. The predicted molar refractivity (Wildman–Crippen MR) is 79.5 cm³/mol. The van der Waals surface area contributed by atoms with Gasteiger partial charge in [0.2, 0.25) is 0 Å². The molecular formula is C16H17N3O2. The lowest BCUT2D eigenvalue weighted by atomic mass is 10.1. The number of nitrogens with zero attached hydrogens (tertiary/aromatic N) is 2. The van der Waals surface area contributed by atoms with Gasteiger partial charge in [-0.1, -0.05) is 24.0 Å². The zero-order valence-electron chi connectivity index (χ0n) is 12.1. The van der Waals surface area contributed by atoms with E-state index >= 15 is 0 Å². The maximum Gasteiger partial charge on any atom is 0.269 e. The van der Waals surface area contributed by atoms with Crippen LogP contribution in [0.2, 0.25) is 0 Å². The Bertz CT molecular complexity index is 691. The zero-order chi connectivity index (χ0) is 15.2. The van der Waals surface area contributed by atoms with Crippen molar-refractivity contribution in [1.82, 2.24) is 15.1 Å². The van der Waals surface area contributed by atoms with Crippen molar-refractivity contribution in [3.63, 3.8) is 0 Å². The SMILES string of the molecule is Cc1cc(C(=O)NCc2ccc(C#CCO)cc2)n(C)n1. The number of nitrogens with one attached hydrogen (secondary N) is 1. The Balaban J connectivity index is 1.96. The highest BCUT2D eigenvalue weighted by Gasteiger charge is 2.10. The van der Waals surface area contributed by atoms with Gasteiger partial charge in [-0.15, -0.1) is 0 Å². The van der Waals surface area contributed by atoms with Crippen LogP contribution in [-0.4, -0.2) is 27.4 Å². The summed E-state index contributed by atoms with van der Waals surface area (Å²) in [6.45, 7) is 2.14.